The molecule has 2 rings (SSSR count). The van der Waals surface area contributed by atoms with Gasteiger partial charge in [-0.05, 0) is 18.9 Å². The number of nitrogens with zero attached hydrogens (tertiary/aromatic N) is 4. The average molecular weight is 336 g/mol. The molecule has 1 saturated heterocycles. The molecule has 7 nitrogen and oxygen atoms in total. The van der Waals surface area contributed by atoms with E-state index in [2.05, 4.69) is 16.9 Å². The molecule has 1 fully saturated rings. The summed E-state index contributed by atoms with van der Waals surface area (Å²) in [4.78, 5) is 28.7. The molecule has 0 bridgehead atoms. The Hall–Kier alpha value is -1.73. The lowest BCUT2D eigenvalue weighted by Gasteiger charge is -2.41. The number of hydrogen-bond donors (Lipinski definition) is 0. The number of rotatable bonds is 7. The summed E-state index contributed by atoms with van der Waals surface area (Å²) in [7, 11) is 1.71. The molecule has 1 aliphatic rings. The molecule has 1 aromatic heterocycles. The SMILES string of the molecule is CCCn1nc(C(=O)N2CCN(CCOC)C(CC)C2)ccc1=O. The van der Waals surface area contributed by atoms with Crippen LogP contribution in [0.15, 0.2) is 16.9 Å². The summed E-state index contributed by atoms with van der Waals surface area (Å²) in [5.74, 6) is -0.0929. The molecule has 0 spiro atoms. The van der Waals surface area contributed by atoms with Crippen molar-refractivity contribution in [1.82, 2.24) is 19.6 Å². The van der Waals surface area contributed by atoms with Gasteiger partial charge in [-0.1, -0.05) is 13.8 Å². The first kappa shape index (κ1) is 18.6. The average Bonchev–Trinajstić information content (AvgIpc) is 2.61. The fourth-order valence-corrected chi connectivity index (χ4v) is 3.06. The van der Waals surface area contributed by atoms with E-state index in [4.69, 9.17) is 4.74 Å². The number of amides is 1. The molecule has 1 aromatic rings. The number of aromatic nitrogens is 2. The standard InChI is InChI=1S/C17H28N4O3/c1-4-8-21-16(22)7-6-15(18-21)17(23)20-10-9-19(11-12-24-3)14(5-2)13-20/h6-7,14H,4-5,8-13H2,1-3H3. The van der Waals surface area contributed by atoms with Crippen LogP contribution in [0.25, 0.3) is 0 Å². The third kappa shape index (κ3) is 4.42. The van der Waals surface area contributed by atoms with E-state index in [1.807, 2.05) is 11.8 Å². The second-order valence-electron chi connectivity index (χ2n) is 6.12. The van der Waals surface area contributed by atoms with Gasteiger partial charge in [-0.25, -0.2) is 4.68 Å². The minimum atomic E-state index is -0.163. The van der Waals surface area contributed by atoms with Crippen LogP contribution in [-0.4, -0.2) is 71.4 Å². The fraction of sp³-hybridized carbons (Fsp3) is 0.706. The number of ether oxygens (including phenoxy) is 1. The van der Waals surface area contributed by atoms with E-state index < -0.39 is 0 Å². The van der Waals surface area contributed by atoms with Crippen LogP contribution in [0.1, 0.15) is 37.2 Å². The van der Waals surface area contributed by atoms with Gasteiger partial charge >= 0.3 is 0 Å². The molecule has 1 atom stereocenters. The highest BCUT2D eigenvalue weighted by molar-refractivity contribution is 5.92. The Morgan fingerprint density at radius 2 is 2.08 bits per heavy atom. The highest BCUT2D eigenvalue weighted by atomic mass is 16.5. The van der Waals surface area contributed by atoms with Crippen LogP contribution in [0.5, 0.6) is 0 Å². The second-order valence-corrected chi connectivity index (χ2v) is 6.12. The van der Waals surface area contributed by atoms with Gasteiger partial charge in [0.25, 0.3) is 11.5 Å². The topological polar surface area (TPSA) is 67.7 Å². The van der Waals surface area contributed by atoms with Crippen molar-refractivity contribution in [2.45, 2.75) is 39.3 Å². The van der Waals surface area contributed by atoms with E-state index in [1.165, 1.54) is 16.8 Å². The van der Waals surface area contributed by atoms with Crippen LogP contribution in [0, 0.1) is 0 Å². The molecule has 24 heavy (non-hydrogen) atoms. The molecule has 0 N–H and O–H groups in total. The fourth-order valence-electron chi connectivity index (χ4n) is 3.06. The normalized spacial score (nSPS) is 18.8. The molecule has 134 valence electrons. The molecule has 7 heteroatoms. The lowest BCUT2D eigenvalue weighted by molar-refractivity contribution is 0.0379. The zero-order valence-electron chi connectivity index (χ0n) is 14.9. The maximum atomic E-state index is 12.8. The highest BCUT2D eigenvalue weighted by Crippen LogP contribution is 2.14. The second kappa shape index (κ2) is 8.94. The van der Waals surface area contributed by atoms with E-state index in [9.17, 15) is 9.59 Å². The van der Waals surface area contributed by atoms with Crippen LogP contribution in [0.2, 0.25) is 0 Å². The van der Waals surface area contributed by atoms with Crippen molar-refractivity contribution in [3.8, 4) is 0 Å². The van der Waals surface area contributed by atoms with E-state index in [0.29, 0.717) is 38.0 Å². The van der Waals surface area contributed by atoms with E-state index in [0.717, 1.165) is 25.9 Å². The van der Waals surface area contributed by atoms with Gasteiger partial charge in [0.15, 0.2) is 0 Å². The van der Waals surface area contributed by atoms with Crippen LogP contribution < -0.4 is 5.56 Å². The van der Waals surface area contributed by atoms with Crippen molar-refractivity contribution in [2.24, 2.45) is 0 Å². The third-order valence-electron chi connectivity index (χ3n) is 4.47. The molecule has 0 aliphatic carbocycles. The Bertz CT molecular complexity index is 602. The first-order chi connectivity index (χ1) is 11.6. The predicted octanol–water partition coefficient (Wildman–Crippen LogP) is 0.836. The van der Waals surface area contributed by atoms with Crippen LogP contribution in [0.3, 0.4) is 0 Å². The quantitative estimate of drug-likeness (QED) is 0.738. The third-order valence-corrected chi connectivity index (χ3v) is 4.47. The van der Waals surface area contributed by atoms with Crippen molar-refractivity contribution in [1.29, 1.82) is 0 Å². The van der Waals surface area contributed by atoms with E-state index in [1.54, 1.807) is 7.11 Å². The lowest BCUT2D eigenvalue weighted by atomic mass is 10.1. The Morgan fingerprint density at radius 3 is 2.75 bits per heavy atom. The zero-order valence-corrected chi connectivity index (χ0v) is 14.9. The Balaban J connectivity index is 2.08. The van der Waals surface area contributed by atoms with Gasteiger partial charge in [-0.3, -0.25) is 14.5 Å². The maximum absolute atomic E-state index is 12.8. The molecule has 1 amide bonds. The number of methoxy groups -OCH3 is 1. The monoisotopic (exact) mass is 336 g/mol. The maximum Gasteiger partial charge on any atom is 0.274 e. The van der Waals surface area contributed by atoms with Gasteiger partial charge in [0, 0.05) is 51.9 Å². The highest BCUT2D eigenvalue weighted by Gasteiger charge is 2.29. The molecule has 0 radical (unpaired) electrons. The summed E-state index contributed by atoms with van der Waals surface area (Å²) in [6, 6.07) is 3.30. The summed E-state index contributed by atoms with van der Waals surface area (Å²) in [6.45, 7) is 8.43. The zero-order chi connectivity index (χ0) is 17.5. The van der Waals surface area contributed by atoms with Gasteiger partial charge in [0.1, 0.15) is 5.69 Å². The number of aryl methyl sites for hydroxylation is 1. The summed E-state index contributed by atoms with van der Waals surface area (Å²) in [5, 5.41) is 4.24. The number of carbonyl (C=O) groups is 1. The first-order valence-electron chi connectivity index (χ1n) is 8.71. The van der Waals surface area contributed by atoms with Crippen molar-refractivity contribution in [3.05, 3.63) is 28.2 Å². The van der Waals surface area contributed by atoms with Crippen molar-refractivity contribution >= 4 is 5.91 Å². The van der Waals surface area contributed by atoms with Crippen LogP contribution in [0.4, 0.5) is 0 Å². The summed E-state index contributed by atoms with van der Waals surface area (Å²) < 4.78 is 6.54. The minimum Gasteiger partial charge on any atom is -0.383 e. The van der Waals surface area contributed by atoms with Gasteiger partial charge in [-0.15, -0.1) is 0 Å². The Kier molecular flexibility index (Phi) is 6.93. The van der Waals surface area contributed by atoms with E-state index in [-0.39, 0.29) is 11.5 Å². The van der Waals surface area contributed by atoms with Crippen LogP contribution >= 0.6 is 0 Å². The summed E-state index contributed by atoms with van der Waals surface area (Å²) >= 11 is 0. The molecule has 0 saturated carbocycles. The van der Waals surface area contributed by atoms with E-state index >= 15 is 0 Å². The number of piperazine rings is 1. The number of hydrogen-bond acceptors (Lipinski definition) is 5. The summed E-state index contributed by atoms with van der Waals surface area (Å²) in [6.07, 6.45) is 1.79. The molecule has 2 heterocycles. The Morgan fingerprint density at radius 1 is 1.29 bits per heavy atom. The van der Waals surface area contributed by atoms with Crippen LogP contribution in [-0.2, 0) is 11.3 Å². The first-order valence-corrected chi connectivity index (χ1v) is 8.71. The molecule has 1 unspecified atom stereocenters. The van der Waals surface area contributed by atoms with Crippen molar-refractivity contribution in [2.75, 3.05) is 39.9 Å². The van der Waals surface area contributed by atoms with Gasteiger partial charge in [0.05, 0.1) is 6.61 Å². The van der Waals surface area contributed by atoms with Gasteiger partial charge in [0.2, 0.25) is 0 Å². The lowest BCUT2D eigenvalue weighted by Crippen LogP contribution is -2.55. The molecular weight excluding hydrogens is 308 g/mol. The minimum absolute atomic E-state index is 0.0929. The largest absolute Gasteiger partial charge is 0.383 e. The molecular formula is C17H28N4O3. The Labute approximate surface area is 143 Å². The van der Waals surface area contributed by atoms with Gasteiger partial charge < -0.3 is 9.64 Å². The van der Waals surface area contributed by atoms with Crippen molar-refractivity contribution in [3.63, 3.8) is 0 Å². The van der Waals surface area contributed by atoms with Gasteiger partial charge in [-0.2, -0.15) is 5.10 Å². The van der Waals surface area contributed by atoms with Crippen molar-refractivity contribution < 1.29 is 9.53 Å². The number of carbonyl (C=O) groups excluding carboxylic acids is 1. The predicted molar refractivity (Wildman–Crippen MR) is 92.2 cm³/mol. The smallest absolute Gasteiger partial charge is 0.274 e. The summed E-state index contributed by atoms with van der Waals surface area (Å²) in [5.41, 5.74) is 0.187. The molecule has 0 aromatic carbocycles. The molecule has 1 aliphatic heterocycles.